The fraction of sp³-hybridized carbons (Fsp3) is 0.588. The molecule has 1 aliphatic heterocycles. The largest absolute Gasteiger partial charge is 0.497 e. The molecule has 3 nitrogen and oxygen atoms in total. The average molecular weight is 305 g/mol. The Morgan fingerprint density at radius 2 is 1.86 bits per heavy atom. The van der Waals surface area contributed by atoms with Crippen LogP contribution in [0.15, 0.2) is 24.3 Å². The van der Waals surface area contributed by atoms with Crippen molar-refractivity contribution in [2.45, 2.75) is 37.1 Å². The summed E-state index contributed by atoms with van der Waals surface area (Å²) in [6.07, 6.45) is 4.21. The molecule has 1 heterocycles. The molecule has 114 valence electrons. The van der Waals surface area contributed by atoms with Crippen LogP contribution in [-0.4, -0.2) is 42.5 Å². The highest BCUT2D eigenvalue weighted by atomic mass is 32.2. The van der Waals surface area contributed by atoms with E-state index >= 15 is 0 Å². The van der Waals surface area contributed by atoms with Crippen LogP contribution in [0, 0.1) is 0 Å². The van der Waals surface area contributed by atoms with Gasteiger partial charge in [-0.05, 0) is 54.9 Å². The van der Waals surface area contributed by atoms with Crippen molar-refractivity contribution in [3.63, 3.8) is 0 Å². The number of carbonyl (C=O) groups excluding carboxylic acids is 1. The third-order valence-electron chi connectivity index (χ3n) is 4.86. The van der Waals surface area contributed by atoms with Crippen molar-refractivity contribution < 1.29 is 9.53 Å². The van der Waals surface area contributed by atoms with E-state index in [-0.39, 0.29) is 5.41 Å². The number of ether oxygens (including phenoxy) is 1. The van der Waals surface area contributed by atoms with Crippen molar-refractivity contribution in [1.29, 1.82) is 0 Å². The fourth-order valence-electron chi connectivity index (χ4n) is 3.24. The molecule has 2 fully saturated rings. The maximum atomic E-state index is 13.0. The summed E-state index contributed by atoms with van der Waals surface area (Å²) in [5, 5.41) is 0. The Labute approximate surface area is 131 Å². The lowest BCUT2D eigenvalue weighted by Crippen LogP contribution is -2.44. The molecule has 1 aliphatic carbocycles. The molecule has 0 bridgehead atoms. The molecule has 1 saturated carbocycles. The van der Waals surface area contributed by atoms with Crippen LogP contribution in [0.1, 0.15) is 31.2 Å². The molecule has 0 spiro atoms. The highest BCUT2D eigenvalue weighted by Crippen LogP contribution is 2.50. The second-order valence-corrected chi connectivity index (χ2v) is 7.29. The molecular formula is C17H23NO2S. The summed E-state index contributed by atoms with van der Waals surface area (Å²) < 4.78 is 5.21. The van der Waals surface area contributed by atoms with Gasteiger partial charge in [0, 0.05) is 13.1 Å². The maximum absolute atomic E-state index is 13.0. The molecule has 4 heteroatoms. The maximum Gasteiger partial charge on any atom is 0.233 e. The Morgan fingerprint density at radius 1 is 1.24 bits per heavy atom. The number of carbonyl (C=O) groups is 1. The minimum atomic E-state index is -0.258. The number of likely N-dealkylation sites (N-methyl/N-ethyl adjacent to an activating group) is 1. The van der Waals surface area contributed by atoms with Gasteiger partial charge in [-0.25, -0.2) is 0 Å². The van der Waals surface area contributed by atoms with E-state index in [1.165, 1.54) is 11.5 Å². The highest BCUT2D eigenvalue weighted by molar-refractivity contribution is 7.99. The first-order valence-electron chi connectivity index (χ1n) is 7.67. The van der Waals surface area contributed by atoms with E-state index in [0.717, 1.165) is 37.0 Å². The second-order valence-electron chi connectivity index (χ2n) is 6.07. The summed E-state index contributed by atoms with van der Waals surface area (Å²) in [6, 6.07) is 8.44. The summed E-state index contributed by atoms with van der Waals surface area (Å²) in [6.45, 7) is 0. The van der Waals surface area contributed by atoms with E-state index in [4.69, 9.17) is 4.74 Å². The summed E-state index contributed by atoms with van der Waals surface area (Å²) in [7, 11) is 3.66. The van der Waals surface area contributed by atoms with Crippen molar-refractivity contribution in [2.75, 3.05) is 25.7 Å². The average Bonchev–Trinajstić information content (AvgIpc) is 3.36. The van der Waals surface area contributed by atoms with Crippen LogP contribution in [0.4, 0.5) is 0 Å². The Kier molecular flexibility index (Phi) is 4.16. The fourth-order valence-corrected chi connectivity index (χ4v) is 4.32. The van der Waals surface area contributed by atoms with Crippen molar-refractivity contribution in [2.24, 2.45) is 0 Å². The van der Waals surface area contributed by atoms with E-state index in [0.29, 0.717) is 11.9 Å². The van der Waals surface area contributed by atoms with Crippen molar-refractivity contribution in [3.8, 4) is 5.75 Å². The molecule has 2 aliphatic rings. The molecule has 1 aromatic carbocycles. The Balaban J connectivity index is 1.75. The zero-order valence-electron chi connectivity index (χ0n) is 12.8. The summed E-state index contributed by atoms with van der Waals surface area (Å²) in [5.41, 5.74) is 0.886. The van der Waals surface area contributed by atoms with Crippen LogP contribution in [0.2, 0.25) is 0 Å². The van der Waals surface area contributed by atoms with Gasteiger partial charge in [0.1, 0.15) is 5.75 Å². The van der Waals surface area contributed by atoms with Crippen molar-refractivity contribution in [3.05, 3.63) is 29.8 Å². The minimum absolute atomic E-state index is 0.258. The van der Waals surface area contributed by atoms with Gasteiger partial charge >= 0.3 is 0 Å². The number of hydrogen-bond donors (Lipinski definition) is 0. The van der Waals surface area contributed by atoms with Crippen molar-refractivity contribution in [1.82, 2.24) is 4.90 Å². The molecule has 3 rings (SSSR count). The molecule has 0 atom stereocenters. The molecule has 1 aromatic rings. The lowest BCUT2D eigenvalue weighted by Gasteiger charge is -2.34. The van der Waals surface area contributed by atoms with Gasteiger partial charge in [-0.2, -0.15) is 11.8 Å². The second kappa shape index (κ2) is 5.91. The third kappa shape index (κ3) is 2.78. The summed E-state index contributed by atoms with van der Waals surface area (Å²) >= 11 is 2.00. The monoisotopic (exact) mass is 305 g/mol. The predicted molar refractivity (Wildman–Crippen MR) is 87.0 cm³/mol. The van der Waals surface area contributed by atoms with E-state index in [9.17, 15) is 4.79 Å². The standard InChI is InChI=1S/C17H23NO2S/c1-18(14-7-11-21-12-8-14)16(19)17(9-10-17)13-3-5-15(20-2)6-4-13/h3-6,14H,7-12H2,1-2H3. The van der Waals surface area contributed by atoms with Crippen LogP contribution in [-0.2, 0) is 10.2 Å². The number of amides is 1. The quantitative estimate of drug-likeness (QED) is 0.856. The highest BCUT2D eigenvalue weighted by Gasteiger charge is 2.53. The number of benzene rings is 1. The molecule has 1 saturated heterocycles. The van der Waals surface area contributed by atoms with Gasteiger partial charge in [0.25, 0.3) is 0 Å². The predicted octanol–water partition coefficient (Wildman–Crippen LogP) is 3.08. The van der Waals surface area contributed by atoms with Crippen LogP contribution in [0.25, 0.3) is 0 Å². The van der Waals surface area contributed by atoms with Crippen LogP contribution in [0.3, 0.4) is 0 Å². The summed E-state index contributed by atoms with van der Waals surface area (Å²) in [5.74, 6) is 3.51. The number of thioether (sulfide) groups is 1. The van der Waals surface area contributed by atoms with Crippen LogP contribution >= 0.6 is 11.8 Å². The lowest BCUT2D eigenvalue weighted by molar-refractivity contribution is -0.134. The third-order valence-corrected chi connectivity index (χ3v) is 5.91. The van der Waals surface area contributed by atoms with Gasteiger partial charge in [-0.3, -0.25) is 4.79 Å². The van der Waals surface area contributed by atoms with Crippen LogP contribution < -0.4 is 4.74 Å². The Bertz CT molecular complexity index is 504. The first kappa shape index (κ1) is 14.8. The number of rotatable bonds is 4. The first-order chi connectivity index (χ1) is 10.2. The molecule has 1 amide bonds. The summed E-state index contributed by atoms with van der Waals surface area (Å²) in [4.78, 5) is 15.0. The normalized spacial score (nSPS) is 20.9. The zero-order valence-corrected chi connectivity index (χ0v) is 13.6. The van der Waals surface area contributed by atoms with E-state index in [1.807, 2.05) is 48.0 Å². The smallest absolute Gasteiger partial charge is 0.233 e. The van der Waals surface area contributed by atoms with Crippen LogP contribution in [0.5, 0.6) is 5.75 Å². The van der Waals surface area contributed by atoms with Gasteiger partial charge in [-0.15, -0.1) is 0 Å². The lowest BCUT2D eigenvalue weighted by atomic mass is 9.93. The topological polar surface area (TPSA) is 29.5 Å². The SMILES string of the molecule is COc1ccc(C2(C(=O)N(C)C3CCSCC3)CC2)cc1. The van der Waals surface area contributed by atoms with Crippen molar-refractivity contribution >= 4 is 17.7 Å². The molecule has 0 unspecified atom stereocenters. The number of nitrogens with zero attached hydrogens (tertiary/aromatic N) is 1. The number of methoxy groups -OCH3 is 1. The molecule has 21 heavy (non-hydrogen) atoms. The molecule has 0 radical (unpaired) electrons. The minimum Gasteiger partial charge on any atom is -0.497 e. The zero-order chi connectivity index (χ0) is 14.9. The Hall–Kier alpha value is -1.16. The molecule has 0 N–H and O–H groups in total. The van der Waals surface area contributed by atoms with E-state index in [1.54, 1.807) is 7.11 Å². The van der Waals surface area contributed by atoms with E-state index in [2.05, 4.69) is 0 Å². The Morgan fingerprint density at radius 3 is 2.38 bits per heavy atom. The van der Waals surface area contributed by atoms with Gasteiger partial charge in [0.15, 0.2) is 0 Å². The van der Waals surface area contributed by atoms with Gasteiger partial charge < -0.3 is 9.64 Å². The first-order valence-corrected chi connectivity index (χ1v) is 8.82. The molecule has 0 aromatic heterocycles. The molecular weight excluding hydrogens is 282 g/mol. The number of hydrogen-bond acceptors (Lipinski definition) is 3. The van der Waals surface area contributed by atoms with E-state index < -0.39 is 0 Å². The van der Waals surface area contributed by atoms with Gasteiger partial charge in [-0.1, -0.05) is 12.1 Å². The van der Waals surface area contributed by atoms with Gasteiger partial charge in [0.05, 0.1) is 12.5 Å². The van der Waals surface area contributed by atoms with Gasteiger partial charge in [0.2, 0.25) is 5.91 Å².